The zero-order chi connectivity index (χ0) is 25.4. The van der Waals surface area contributed by atoms with Crippen LogP contribution >= 0.6 is 0 Å². The number of anilines is 2. The number of pyridine rings is 1. The summed E-state index contributed by atoms with van der Waals surface area (Å²) in [5.41, 5.74) is 2.23. The van der Waals surface area contributed by atoms with E-state index in [-0.39, 0.29) is 29.6 Å². The Bertz CT molecular complexity index is 1380. The van der Waals surface area contributed by atoms with Crippen molar-refractivity contribution in [1.82, 2.24) is 29.4 Å². The lowest BCUT2D eigenvalue weighted by Gasteiger charge is -2.26. The van der Waals surface area contributed by atoms with E-state index in [9.17, 15) is 8.78 Å². The predicted octanol–water partition coefficient (Wildman–Crippen LogP) is 5.79. The molecule has 0 aliphatic carbocycles. The third-order valence-electron chi connectivity index (χ3n) is 6.23. The van der Waals surface area contributed by atoms with E-state index < -0.39 is 11.6 Å². The lowest BCUT2D eigenvalue weighted by atomic mass is 10.1. The van der Waals surface area contributed by atoms with Crippen molar-refractivity contribution in [2.75, 3.05) is 18.4 Å². The molecule has 9 heteroatoms. The smallest absolute Gasteiger partial charge is 0.229 e. The number of hydrogen-bond donors (Lipinski definition) is 1. The minimum atomic E-state index is -0.647. The van der Waals surface area contributed by atoms with E-state index in [1.54, 1.807) is 12.3 Å². The molecule has 182 valence electrons. The van der Waals surface area contributed by atoms with Gasteiger partial charge in [0.05, 0.1) is 11.7 Å². The highest BCUT2D eigenvalue weighted by molar-refractivity contribution is 5.83. The fourth-order valence-electron chi connectivity index (χ4n) is 4.61. The van der Waals surface area contributed by atoms with Gasteiger partial charge in [-0.1, -0.05) is 12.5 Å². The molecule has 1 aromatic carbocycles. The van der Waals surface area contributed by atoms with E-state index in [1.165, 1.54) is 6.07 Å². The minimum absolute atomic E-state index is 0.00289. The number of fused-ring (bicyclic) bond motifs is 1. The zero-order valence-electron chi connectivity index (χ0n) is 21.1. The second kappa shape index (κ2) is 9.65. The largest absolute Gasteiger partial charge is 0.326 e. The molecule has 0 amide bonds. The molecule has 0 bridgehead atoms. The predicted molar refractivity (Wildman–Crippen MR) is 132 cm³/mol. The van der Waals surface area contributed by atoms with Crippen LogP contribution in [0.1, 0.15) is 51.9 Å². The van der Waals surface area contributed by atoms with E-state index in [1.807, 2.05) is 37.5 Å². The third-order valence-corrected chi connectivity index (χ3v) is 6.23. The molecule has 0 saturated carbocycles. The normalized spacial score (nSPS) is 15.7. The monoisotopic (exact) mass is 478 g/mol. The highest BCUT2D eigenvalue weighted by Crippen LogP contribution is 2.30. The van der Waals surface area contributed by atoms with Crippen molar-refractivity contribution in [3.05, 3.63) is 59.7 Å². The Kier molecular flexibility index (Phi) is 6.08. The Morgan fingerprint density at radius 1 is 1.06 bits per heavy atom. The van der Waals surface area contributed by atoms with E-state index in [0.29, 0.717) is 22.7 Å². The van der Waals surface area contributed by atoms with Crippen LogP contribution in [0, 0.1) is 18.6 Å². The summed E-state index contributed by atoms with van der Waals surface area (Å²) in [5.74, 6) is 0.208. The first-order valence-corrected chi connectivity index (χ1v) is 11.9. The number of likely N-dealkylation sites (tertiary alicyclic amines) is 1. The molecule has 35 heavy (non-hydrogen) atoms. The van der Waals surface area contributed by atoms with Crippen molar-refractivity contribution in [2.24, 2.45) is 0 Å². The number of nitrogens with one attached hydrogen (secondary N) is 1. The summed E-state index contributed by atoms with van der Waals surface area (Å²) >= 11 is 0. The Labute approximate surface area is 204 Å². The van der Waals surface area contributed by atoms with Crippen LogP contribution in [0.3, 0.4) is 0 Å². The Morgan fingerprint density at radius 3 is 2.57 bits per heavy atom. The average molecular weight is 479 g/mol. The van der Waals surface area contributed by atoms with Gasteiger partial charge < -0.3 is 9.88 Å². The molecular formula is C26H29F2N7. The van der Waals surface area contributed by atoms with Crippen LogP contribution in [0.4, 0.5) is 20.5 Å². The molecule has 1 aliphatic rings. The maximum atomic E-state index is 14.9. The number of piperidine rings is 1. The number of halogens is 2. The van der Waals surface area contributed by atoms with Gasteiger partial charge in [-0.25, -0.2) is 28.7 Å². The van der Waals surface area contributed by atoms with Crippen molar-refractivity contribution in [3.63, 3.8) is 0 Å². The summed E-state index contributed by atoms with van der Waals surface area (Å²) in [5, 5.41) is 3.01. The van der Waals surface area contributed by atoms with Gasteiger partial charge in [-0.15, -0.1) is 0 Å². The van der Waals surface area contributed by atoms with Crippen LogP contribution in [-0.2, 0) is 6.54 Å². The molecule has 7 nitrogen and oxygen atoms in total. The highest BCUT2D eigenvalue weighted by atomic mass is 19.1. The van der Waals surface area contributed by atoms with Crippen LogP contribution in [0.5, 0.6) is 0 Å². The van der Waals surface area contributed by atoms with Gasteiger partial charge in [0, 0.05) is 25.7 Å². The minimum Gasteiger partial charge on any atom is -0.326 e. The molecule has 1 N–H and O–H groups in total. The lowest BCUT2D eigenvalue weighted by molar-refractivity contribution is 0.220. The fourth-order valence-corrected chi connectivity index (χ4v) is 4.61. The molecular weight excluding hydrogens is 448 g/mol. The number of hydrogen-bond acceptors (Lipinski definition) is 6. The molecule has 5 rings (SSSR count). The number of imidazole rings is 1. The first-order chi connectivity index (χ1) is 17.3. The number of nitrogens with zero attached hydrogens (tertiary/aromatic N) is 6. The maximum Gasteiger partial charge on any atom is 0.229 e. The summed E-state index contributed by atoms with van der Waals surface area (Å²) in [6, 6.07) is 6.84. The van der Waals surface area contributed by atoms with Crippen molar-refractivity contribution >= 4 is 22.8 Å². The Morgan fingerprint density at radius 2 is 1.86 bits per heavy atom. The zero-order valence-corrected chi connectivity index (χ0v) is 20.1. The first kappa shape index (κ1) is 22.0. The molecule has 3 aromatic heterocycles. The summed E-state index contributed by atoms with van der Waals surface area (Å²) in [7, 11) is 0. The van der Waals surface area contributed by atoms with Gasteiger partial charge >= 0.3 is 0 Å². The van der Waals surface area contributed by atoms with Crippen molar-refractivity contribution in [2.45, 2.75) is 52.6 Å². The van der Waals surface area contributed by atoms with Crippen molar-refractivity contribution < 1.29 is 10.2 Å². The van der Waals surface area contributed by atoms with Gasteiger partial charge in [0.1, 0.15) is 22.9 Å². The lowest BCUT2D eigenvalue weighted by Crippen LogP contribution is -2.29. The molecule has 0 radical (unpaired) electrons. The second-order valence-electron chi connectivity index (χ2n) is 9.16. The SMILES string of the molecule is [2H]C1CCN(Cc2ccc(Nc3ncc(F)c(-c4cc(F)c5nc(C)n(C(C)C)c5c4)n3)nc2)CC1. The molecule has 0 spiro atoms. The summed E-state index contributed by atoms with van der Waals surface area (Å²) in [6.45, 7) is 8.43. The number of aromatic nitrogens is 5. The number of rotatable bonds is 6. The summed E-state index contributed by atoms with van der Waals surface area (Å²) < 4.78 is 39.4. The quantitative estimate of drug-likeness (QED) is 0.378. The van der Waals surface area contributed by atoms with Crippen LogP contribution in [0.25, 0.3) is 22.3 Å². The summed E-state index contributed by atoms with van der Waals surface area (Å²) in [4.78, 5) is 19.5. The number of benzene rings is 1. The van der Waals surface area contributed by atoms with Gasteiger partial charge in [0.2, 0.25) is 5.95 Å². The van der Waals surface area contributed by atoms with E-state index >= 15 is 0 Å². The van der Waals surface area contributed by atoms with E-state index in [2.05, 4.69) is 30.2 Å². The average Bonchev–Trinajstić information content (AvgIpc) is 3.19. The van der Waals surface area contributed by atoms with E-state index in [4.69, 9.17) is 1.37 Å². The Hall–Kier alpha value is -3.46. The molecule has 1 saturated heterocycles. The number of aryl methyl sites for hydroxylation is 1. The standard InChI is InChI=1S/C26H29F2N7/c1-16(2)35-17(3)31-25-20(27)11-19(12-22(25)35)24-21(28)14-30-26(33-24)32-23-8-7-18(13-29-23)15-34-9-5-4-6-10-34/h7-8,11-14,16H,4-6,9-10,15H2,1-3H3,(H,29,30,32,33)/i4D. The van der Waals surface area contributed by atoms with Crippen molar-refractivity contribution in [1.29, 1.82) is 0 Å². The van der Waals surface area contributed by atoms with Crippen LogP contribution in [0.15, 0.2) is 36.7 Å². The van der Waals surface area contributed by atoms with Gasteiger partial charge in [0.15, 0.2) is 11.6 Å². The van der Waals surface area contributed by atoms with Crippen LogP contribution in [-0.4, -0.2) is 42.5 Å². The molecule has 1 fully saturated rings. The first-order valence-electron chi connectivity index (χ1n) is 12.4. The third kappa shape index (κ3) is 4.86. The van der Waals surface area contributed by atoms with Gasteiger partial charge in [0.25, 0.3) is 0 Å². The van der Waals surface area contributed by atoms with Gasteiger partial charge in [-0.3, -0.25) is 4.90 Å². The second-order valence-corrected chi connectivity index (χ2v) is 9.16. The summed E-state index contributed by atoms with van der Waals surface area (Å²) in [6.07, 6.45) is 4.70. The topological polar surface area (TPSA) is 71.8 Å². The molecule has 4 heterocycles. The van der Waals surface area contributed by atoms with Gasteiger partial charge in [-0.2, -0.15) is 0 Å². The van der Waals surface area contributed by atoms with Crippen molar-refractivity contribution in [3.8, 4) is 11.3 Å². The van der Waals surface area contributed by atoms with Crippen LogP contribution in [0.2, 0.25) is 0 Å². The molecule has 0 unspecified atom stereocenters. The molecule has 1 aliphatic heterocycles. The van der Waals surface area contributed by atoms with E-state index in [0.717, 1.165) is 44.2 Å². The fraction of sp³-hybridized carbons (Fsp3) is 0.385. The molecule has 4 aromatic rings. The highest BCUT2D eigenvalue weighted by Gasteiger charge is 2.18. The molecule has 0 atom stereocenters. The van der Waals surface area contributed by atoms with Gasteiger partial charge in [-0.05, 0) is 70.5 Å². The van der Waals surface area contributed by atoms with Crippen LogP contribution < -0.4 is 5.32 Å². The maximum absolute atomic E-state index is 14.9. The Balaban J connectivity index is 1.38.